The van der Waals surface area contributed by atoms with Gasteiger partial charge < -0.3 is 9.84 Å². The van der Waals surface area contributed by atoms with Gasteiger partial charge in [0.25, 0.3) is 0 Å². The lowest BCUT2D eigenvalue weighted by Crippen LogP contribution is -2.55. The fourth-order valence-corrected chi connectivity index (χ4v) is 8.64. The molecule has 0 aliphatic heterocycles. The molecule has 4 aliphatic carbocycles. The standard InChI is InChI=1S/C23H38O3/c1-4-23-12-9-15(14-26-3)13-16(23)5-6-17-18-7-8-20(21(24)25)22(18,2)11-10-19(17)23/h15-20H,4-14H2,1-3H3,(H,24,25). The van der Waals surface area contributed by atoms with Crippen LogP contribution in [0.25, 0.3) is 0 Å². The number of rotatable bonds is 4. The van der Waals surface area contributed by atoms with Gasteiger partial charge >= 0.3 is 5.97 Å². The van der Waals surface area contributed by atoms with Gasteiger partial charge in [0.2, 0.25) is 0 Å². The third-order valence-corrected chi connectivity index (χ3v) is 9.83. The van der Waals surface area contributed by atoms with E-state index in [-0.39, 0.29) is 11.3 Å². The van der Waals surface area contributed by atoms with Crippen LogP contribution in [0.4, 0.5) is 0 Å². The molecule has 3 nitrogen and oxygen atoms in total. The van der Waals surface area contributed by atoms with Crippen LogP contribution in [0.5, 0.6) is 0 Å². The van der Waals surface area contributed by atoms with Crippen LogP contribution in [0.2, 0.25) is 0 Å². The molecule has 0 bridgehead atoms. The van der Waals surface area contributed by atoms with Crippen molar-refractivity contribution in [1.82, 2.24) is 0 Å². The molecular weight excluding hydrogens is 324 g/mol. The van der Waals surface area contributed by atoms with E-state index < -0.39 is 5.97 Å². The summed E-state index contributed by atoms with van der Waals surface area (Å²) in [6.07, 6.45) is 12.6. The van der Waals surface area contributed by atoms with Crippen LogP contribution in [0.1, 0.15) is 78.1 Å². The van der Waals surface area contributed by atoms with Crippen molar-refractivity contribution in [1.29, 1.82) is 0 Å². The second kappa shape index (κ2) is 6.79. The highest BCUT2D eigenvalue weighted by Gasteiger charge is 2.62. The highest BCUT2D eigenvalue weighted by Crippen LogP contribution is 2.68. The molecular formula is C23H38O3. The third kappa shape index (κ3) is 2.59. The van der Waals surface area contributed by atoms with Gasteiger partial charge in [-0.3, -0.25) is 4.79 Å². The quantitative estimate of drug-likeness (QED) is 0.730. The summed E-state index contributed by atoms with van der Waals surface area (Å²) in [6.45, 7) is 5.69. The van der Waals surface area contributed by atoms with Crippen LogP contribution < -0.4 is 0 Å². The van der Waals surface area contributed by atoms with E-state index in [1.165, 1.54) is 44.9 Å². The summed E-state index contributed by atoms with van der Waals surface area (Å²) in [4.78, 5) is 11.9. The Hall–Kier alpha value is -0.570. The maximum absolute atomic E-state index is 11.9. The second-order valence-corrected chi connectivity index (χ2v) is 10.3. The molecule has 8 atom stereocenters. The maximum atomic E-state index is 11.9. The van der Waals surface area contributed by atoms with Gasteiger partial charge in [0.05, 0.1) is 5.92 Å². The van der Waals surface area contributed by atoms with Crippen molar-refractivity contribution in [2.75, 3.05) is 13.7 Å². The Bertz CT molecular complexity index is 546. The largest absolute Gasteiger partial charge is 0.481 e. The minimum Gasteiger partial charge on any atom is -0.481 e. The first-order valence-corrected chi connectivity index (χ1v) is 11.2. The van der Waals surface area contributed by atoms with Gasteiger partial charge in [-0.25, -0.2) is 0 Å². The minimum atomic E-state index is -0.535. The third-order valence-electron chi connectivity index (χ3n) is 9.83. The number of ether oxygens (including phenoxy) is 1. The van der Waals surface area contributed by atoms with E-state index in [1.807, 2.05) is 7.11 Å². The number of hydrogen-bond donors (Lipinski definition) is 1. The lowest BCUT2D eigenvalue weighted by molar-refractivity contribution is -0.155. The molecule has 0 amide bonds. The van der Waals surface area contributed by atoms with Crippen LogP contribution in [0, 0.1) is 46.3 Å². The molecule has 0 aromatic rings. The normalized spacial score (nSPS) is 50.6. The van der Waals surface area contributed by atoms with Crippen LogP contribution in [0.3, 0.4) is 0 Å². The number of carboxylic acids is 1. The molecule has 0 heterocycles. The zero-order valence-electron chi connectivity index (χ0n) is 17.0. The highest BCUT2D eigenvalue weighted by atomic mass is 16.5. The van der Waals surface area contributed by atoms with Crippen molar-refractivity contribution in [3.63, 3.8) is 0 Å². The molecule has 0 saturated heterocycles. The zero-order chi connectivity index (χ0) is 18.5. The predicted octanol–water partition coefficient (Wildman–Crippen LogP) is 5.38. The first kappa shape index (κ1) is 18.8. The Labute approximate surface area is 159 Å². The number of methoxy groups -OCH3 is 1. The average molecular weight is 363 g/mol. The van der Waals surface area contributed by atoms with Crippen molar-refractivity contribution >= 4 is 5.97 Å². The van der Waals surface area contributed by atoms with Crippen LogP contribution in [0.15, 0.2) is 0 Å². The fraction of sp³-hybridized carbons (Fsp3) is 0.957. The topological polar surface area (TPSA) is 46.5 Å². The van der Waals surface area contributed by atoms with E-state index in [0.29, 0.717) is 11.3 Å². The number of hydrogen-bond acceptors (Lipinski definition) is 2. The van der Waals surface area contributed by atoms with Gasteiger partial charge in [-0.05, 0) is 105 Å². The Morgan fingerprint density at radius 3 is 2.58 bits per heavy atom. The van der Waals surface area contributed by atoms with E-state index in [9.17, 15) is 9.90 Å². The summed E-state index contributed by atoms with van der Waals surface area (Å²) < 4.78 is 5.48. The fourth-order valence-electron chi connectivity index (χ4n) is 8.64. The molecule has 0 spiro atoms. The first-order valence-electron chi connectivity index (χ1n) is 11.2. The van der Waals surface area contributed by atoms with Crippen LogP contribution in [-0.2, 0) is 9.53 Å². The van der Waals surface area contributed by atoms with Crippen molar-refractivity contribution in [3.05, 3.63) is 0 Å². The Morgan fingerprint density at radius 1 is 1.08 bits per heavy atom. The zero-order valence-corrected chi connectivity index (χ0v) is 17.0. The summed E-state index contributed by atoms with van der Waals surface area (Å²) >= 11 is 0. The van der Waals surface area contributed by atoms with Crippen LogP contribution >= 0.6 is 0 Å². The van der Waals surface area contributed by atoms with Crippen molar-refractivity contribution in [2.45, 2.75) is 78.1 Å². The van der Waals surface area contributed by atoms with E-state index in [2.05, 4.69) is 13.8 Å². The van der Waals surface area contributed by atoms with Gasteiger partial charge in [0, 0.05) is 13.7 Å². The number of carbonyl (C=O) groups is 1. The second-order valence-electron chi connectivity index (χ2n) is 10.3. The molecule has 4 aliphatic rings. The monoisotopic (exact) mass is 362 g/mol. The number of carboxylic acid groups (broad SMARTS) is 1. The lowest BCUT2D eigenvalue weighted by Gasteiger charge is -2.62. The summed E-state index contributed by atoms with van der Waals surface area (Å²) in [5.74, 6) is 3.30. The Kier molecular flexibility index (Phi) is 4.91. The SMILES string of the molecule is CCC12CCC(COC)CC1CCC1C3CCC(C(=O)O)C3(C)CCC12. The molecule has 4 rings (SSSR count). The van der Waals surface area contributed by atoms with E-state index in [4.69, 9.17) is 4.74 Å². The molecule has 0 aromatic carbocycles. The molecule has 4 saturated carbocycles. The predicted molar refractivity (Wildman–Crippen MR) is 103 cm³/mol. The summed E-state index contributed by atoms with van der Waals surface area (Å²) in [5.41, 5.74) is 0.595. The molecule has 0 aromatic heterocycles. The van der Waals surface area contributed by atoms with E-state index in [0.717, 1.165) is 49.5 Å². The Morgan fingerprint density at radius 2 is 1.88 bits per heavy atom. The molecule has 26 heavy (non-hydrogen) atoms. The Balaban J connectivity index is 1.58. The van der Waals surface area contributed by atoms with Crippen molar-refractivity contribution in [2.24, 2.45) is 46.3 Å². The summed E-state index contributed by atoms with van der Waals surface area (Å²) in [7, 11) is 1.85. The first-order chi connectivity index (χ1) is 12.5. The molecule has 3 heteroatoms. The van der Waals surface area contributed by atoms with Crippen molar-refractivity contribution in [3.8, 4) is 0 Å². The number of aliphatic carboxylic acids is 1. The number of fused-ring (bicyclic) bond motifs is 5. The molecule has 0 radical (unpaired) electrons. The molecule has 148 valence electrons. The van der Waals surface area contributed by atoms with Gasteiger partial charge in [-0.15, -0.1) is 0 Å². The smallest absolute Gasteiger partial charge is 0.307 e. The molecule has 1 N–H and O–H groups in total. The average Bonchev–Trinajstić information content (AvgIpc) is 2.99. The van der Waals surface area contributed by atoms with Gasteiger partial charge in [-0.1, -0.05) is 13.8 Å². The van der Waals surface area contributed by atoms with E-state index in [1.54, 1.807) is 0 Å². The van der Waals surface area contributed by atoms with Gasteiger partial charge in [0.15, 0.2) is 0 Å². The van der Waals surface area contributed by atoms with Crippen molar-refractivity contribution < 1.29 is 14.6 Å². The summed E-state index contributed by atoms with van der Waals surface area (Å²) in [6, 6.07) is 0. The highest BCUT2D eigenvalue weighted by molar-refractivity contribution is 5.71. The molecule has 4 fully saturated rings. The van der Waals surface area contributed by atoms with Gasteiger partial charge in [0.1, 0.15) is 0 Å². The molecule has 8 unspecified atom stereocenters. The van der Waals surface area contributed by atoms with Gasteiger partial charge in [-0.2, -0.15) is 0 Å². The summed E-state index contributed by atoms with van der Waals surface area (Å²) in [5, 5.41) is 9.77. The van der Waals surface area contributed by atoms with Crippen LogP contribution in [-0.4, -0.2) is 24.8 Å². The maximum Gasteiger partial charge on any atom is 0.307 e. The lowest BCUT2D eigenvalue weighted by atomic mass is 9.43. The minimum absolute atomic E-state index is 0.0576. The van der Waals surface area contributed by atoms with E-state index >= 15 is 0 Å².